The molecule has 0 radical (unpaired) electrons. The maximum Gasteiger partial charge on any atom is 0.270 e. The van der Waals surface area contributed by atoms with Gasteiger partial charge in [0.15, 0.2) is 0 Å². The molecule has 0 unspecified atom stereocenters. The van der Waals surface area contributed by atoms with Gasteiger partial charge in [0.25, 0.3) is 11.5 Å². The molecule has 0 bridgehead atoms. The molecule has 0 spiro atoms. The third kappa shape index (κ3) is 3.29. The average Bonchev–Trinajstić information content (AvgIpc) is 2.86. The van der Waals surface area contributed by atoms with Crippen molar-refractivity contribution in [3.63, 3.8) is 0 Å². The molecular weight excluding hydrogens is 368 g/mol. The number of nitriles is 1. The summed E-state index contributed by atoms with van der Waals surface area (Å²) in [5.74, 6) is 0.568. The van der Waals surface area contributed by atoms with Gasteiger partial charge >= 0.3 is 0 Å². The summed E-state index contributed by atoms with van der Waals surface area (Å²) >= 11 is 6.43. The van der Waals surface area contributed by atoms with Crippen LogP contribution in [-0.4, -0.2) is 39.8 Å². The van der Waals surface area contributed by atoms with Gasteiger partial charge in [-0.1, -0.05) is 24.0 Å². The van der Waals surface area contributed by atoms with E-state index < -0.39 is 0 Å². The second-order valence-corrected chi connectivity index (χ2v) is 7.49. The van der Waals surface area contributed by atoms with E-state index in [1.54, 1.807) is 24.6 Å². The van der Waals surface area contributed by atoms with E-state index in [0.29, 0.717) is 34.4 Å². The van der Waals surface area contributed by atoms with Gasteiger partial charge in [0.1, 0.15) is 21.8 Å². The van der Waals surface area contributed by atoms with Gasteiger partial charge in [-0.15, -0.1) is 0 Å². The van der Waals surface area contributed by atoms with E-state index in [1.165, 1.54) is 16.7 Å². The number of anilines is 1. The molecule has 1 aromatic rings. The Morgan fingerprint density at radius 3 is 2.31 bits per heavy atom. The number of thioether (sulfide) groups is 1. The molecule has 1 aliphatic rings. The maximum absolute atomic E-state index is 12.8. The van der Waals surface area contributed by atoms with Crippen LogP contribution in [0.15, 0.2) is 9.70 Å². The predicted molar refractivity (Wildman–Crippen MR) is 110 cm³/mol. The van der Waals surface area contributed by atoms with E-state index in [2.05, 4.69) is 4.90 Å². The molecule has 0 N–H and O–H groups in total. The molecule has 0 saturated carbocycles. The summed E-state index contributed by atoms with van der Waals surface area (Å²) in [6.07, 6.45) is 1.76. The van der Waals surface area contributed by atoms with Gasteiger partial charge in [-0.2, -0.15) is 5.26 Å². The van der Waals surface area contributed by atoms with Crippen LogP contribution in [0.4, 0.5) is 5.82 Å². The minimum atomic E-state index is -0.297. The summed E-state index contributed by atoms with van der Waals surface area (Å²) in [4.78, 5) is 29.2. The van der Waals surface area contributed by atoms with Gasteiger partial charge in [-0.05, 0) is 39.3 Å². The van der Waals surface area contributed by atoms with Crippen LogP contribution < -0.4 is 10.5 Å². The van der Waals surface area contributed by atoms with Crippen molar-refractivity contribution in [3.8, 4) is 6.07 Å². The standard InChI is InChI=1S/C18H22N4O2S2/c1-6-21(7-2)15-12(9-14-17(24)20(5)18(25)26-14)11(4)13(10-19)16(23)22(15)8-3/h9H,6-8H2,1-5H3. The normalized spacial score (nSPS) is 15.7. The lowest BCUT2D eigenvalue weighted by Gasteiger charge is -2.28. The average molecular weight is 391 g/mol. The Morgan fingerprint density at radius 2 is 1.88 bits per heavy atom. The molecular formula is C18H22N4O2S2. The van der Waals surface area contributed by atoms with Crippen molar-refractivity contribution in [3.05, 3.63) is 31.9 Å². The molecule has 8 heteroatoms. The Kier molecular flexibility index (Phi) is 6.26. The highest BCUT2D eigenvalue weighted by atomic mass is 32.2. The van der Waals surface area contributed by atoms with Gasteiger partial charge in [0.2, 0.25) is 0 Å². The fourth-order valence-corrected chi connectivity index (χ4v) is 4.14. The van der Waals surface area contributed by atoms with Gasteiger partial charge in [-0.3, -0.25) is 19.1 Å². The molecule has 26 heavy (non-hydrogen) atoms. The number of thiocarbonyl (C=S) groups is 1. The molecule has 1 aromatic heterocycles. The minimum Gasteiger partial charge on any atom is -0.358 e. The highest BCUT2D eigenvalue weighted by Crippen LogP contribution is 2.35. The molecule has 0 aliphatic carbocycles. The Labute approximate surface area is 163 Å². The SMILES string of the molecule is CCN(CC)c1c(C=C2SC(=S)N(C)C2=O)c(C)c(C#N)c(=O)n1CC. The van der Waals surface area contributed by atoms with E-state index in [1.807, 2.05) is 26.8 Å². The molecule has 1 fully saturated rings. The van der Waals surface area contributed by atoms with Gasteiger partial charge in [0, 0.05) is 32.2 Å². The highest BCUT2D eigenvalue weighted by Gasteiger charge is 2.30. The molecule has 0 atom stereocenters. The van der Waals surface area contributed by atoms with Crippen molar-refractivity contribution in [1.82, 2.24) is 9.47 Å². The number of carbonyl (C=O) groups excluding carboxylic acids is 1. The van der Waals surface area contributed by atoms with Crippen LogP contribution in [0, 0.1) is 18.3 Å². The van der Waals surface area contributed by atoms with E-state index in [9.17, 15) is 14.9 Å². The molecule has 6 nitrogen and oxygen atoms in total. The first-order chi connectivity index (χ1) is 12.3. The number of amides is 1. The first-order valence-electron chi connectivity index (χ1n) is 8.46. The summed E-state index contributed by atoms with van der Waals surface area (Å²) in [7, 11) is 1.64. The van der Waals surface area contributed by atoms with Crippen LogP contribution >= 0.6 is 24.0 Å². The zero-order valence-electron chi connectivity index (χ0n) is 15.6. The molecule has 0 aromatic carbocycles. The first-order valence-corrected chi connectivity index (χ1v) is 9.68. The monoisotopic (exact) mass is 390 g/mol. The smallest absolute Gasteiger partial charge is 0.270 e. The third-order valence-corrected chi connectivity index (χ3v) is 5.97. The second-order valence-electron chi connectivity index (χ2n) is 5.81. The molecule has 1 aliphatic heterocycles. The molecule has 138 valence electrons. The molecule has 1 amide bonds. The van der Waals surface area contributed by atoms with Crippen molar-refractivity contribution < 1.29 is 4.79 Å². The zero-order valence-corrected chi connectivity index (χ0v) is 17.3. The molecule has 2 rings (SSSR count). The Balaban J connectivity index is 2.87. The minimum absolute atomic E-state index is 0.112. The number of likely N-dealkylation sites (N-methyl/N-ethyl adjacent to an activating group) is 1. The van der Waals surface area contributed by atoms with Crippen molar-refractivity contribution in [1.29, 1.82) is 5.26 Å². The van der Waals surface area contributed by atoms with Crippen molar-refractivity contribution in [2.24, 2.45) is 0 Å². The Bertz CT molecular complexity index is 892. The van der Waals surface area contributed by atoms with Crippen LogP contribution in [0.2, 0.25) is 0 Å². The maximum atomic E-state index is 12.8. The van der Waals surface area contributed by atoms with Gasteiger partial charge in [-0.25, -0.2) is 0 Å². The van der Waals surface area contributed by atoms with Crippen LogP contribution in [0.1, 0.15) is 37.5 Å². The number of nitrogens with zero attached hydrogens (tertiary/aromatic N) is 4. The van der Waals surface area contributed by atoms with E-state index >= 15 is 0 Å². The third-order valence-electron chi connectivity index (χ3n) is 4.49. The number of rotatable bonds is 5. The summed E-state index contributed by atoms with van der Waals surface area (Å²) < 4.78 is 2.10. The zero-order chi connectivity index (χ0) is 19.6. The number of hydrogen-bond acceptors (Lipinski definition) is 6. The summed E-state index contributed by atoms with van der Waals surface area (Å²) in [6, 6.07) is 2.03. The lowest BCUT2D eigenvalue weighted by molar-refractivity contribution is -0.121. The van der Waals surface area contributed by atoms with Crippen LogP contribution in [0.3, 0.4) is 0 Å². The largest absolute Gasteiger partial charge is 0.358 e. The van der Waals surface area contributed by atoms with Crippen LogP contribution in [0.25, 0.3) is 6.08 Å². The lowest BCUT2D eigenvalue weighted by Crippen LogP contribution is -2.34. The highest BCUT2D eigenvalue weighted by molar-refractivity contribution is 8.26. The van der Waals surface area contributed by atoms with E-state index in [0.717, 1.165) is 11.4 Å². The van der Waals surface area contributed by atoms with Gasteiger partial charge < -0.3 is 4.90 Å². The predicted octanol–water partition coefficient (Wildman–Crippen LogP) is 2.73. The summed E-state index contributed by atoms with van der Waals surface area (Å²) in [5.41, 5.74) is 1.13. The van der Waals surface area contributed by atoms with Crippen LogP contribution in [-0.2, 0) is 11.3 Å². The number of hydrogen-bond donors (Lipinski definition) is 0. The number of aromatic nitrogens is 1. The first kappa shape index (κ1) is 20.2. The second kappa shape index (κ2) is 8.06. The van der Waals surface area contributed by atoms with Crippen LogP contribution in [0.5, 0.6) is 0 Å². The summed E-state index contributed by atoms with van der Waals surface area (Å²) in [5, 5.41) is 9.49. The topological polar surface area (TPSA) is 69.3 Å². The number of carbonyl (C=O) groups is 1. The van der Waals surface area contributed by atoms with Crippen molar-refractivity contribution in [2.75, 3.05) is 25.0 Å². The molecule has 2 heterocycles. The quantitative estimate of drug-likeness (QED) is 0.569. The lowest BCUT2D eigenvalue weighted by atomic mass is 10.0. The number of pyridine rings is 1. The Morgan fingerprint density at radius 1 is 1.27 bits per heavy atom. The van der Waals surface area contributed by atoms with Crippen molar-refractivity contribution >= 4 is 46.1 Å². The van der Waals surface area contributed by atoms with Gasteiger partial charge in [0.05, 0.1) is 4.91 Å². The fourth-order valence-electron chi connectivity index (χ4n) is 2.98. The van der Waals surface area contributed by atoms with E-state index in [-0.39, 0.29) is 17.0 Å². The Hall–Kier alpha value is -2.11. The summed E-state index contributed by atoms with van der Waals surface area (Å²) in [6.45, 7) is 9.50. The van der Waals surface area contributed by atoms with Crippen molar-refractivity contribution in [2.45, 2.75) is 34.2 Å². The fraction of sp³-hybridized carbons (Fsp3) is 0.444. The molecule has 1 saturated heterocycles. The van der Waals surface area contributed by atoms with E-state index in [4.69, 9.17) is 12.2 Å².